The largest absolute Gasteiger partial charge is 0.0616 e. The minimum Gasteiger partial charge on any atom is -0.0616 e. The van der Waals surface area contributed by atoms with Gasteiger partial charge >= 0.3 is 0 Å². The lowest BCUT2D eigenvalue weighted by atomic mass is 9.82. The van der Waals surface area contributed by atoms with Gasteiger partial charge in [-0.25, -0.2) is 0 Å². The molecule has 8 aromatic carbocycles. The molecule has 0 aromatic heterocycles. The zero-order valence-electron chi connectivity index (χ0n) is 23.6. The molecule has 0 fully saturated rings. The summed E-state index contributed by atoms with van der Waals surface area (Å²) < 4.78 is 2.16. The number of hydrogen-bond acceptors (Lipinski definition) is 0. The molecule has 0 saturated heterocycles. The average Bonchev–Trinajstić information content (AvgIpc) is 3.40. The molecule has 0 unspecified atom stereocenters. The highest BCUT2D eigenvalue weighted by Crippen LogP contribution is 2.58. The average molecular weight is 688 g/mol. The summed E-state index contributed by atoms with van der Waals surface area (Å²) in [5.41, 5.74) is 12.8. The summed E-state index contributed by atoms with van der Waals surface area (Å²) in [5.74, 6) is 0. The smallest absolute Gasteiger partial charge is 0.0175 e. The third-order valence-corrected chi connectivity index (χ3v) is 10.2. The van der Waals surface area contributed by atoms with E-state index in [9.17, 15) is 0 Å². The number of hydrogen-bond donors (Lipinski definition) is 0. The summed E-state index contributed by atoms with van der Waals surface area (Å²) in [7, 11) is 0. The lowest BCUT2D eigenvalue weighted by Gasteiger charge is -2.20. The van der Waals surface area contributed by atoms with Crippen LogP contribution in [0, 0.1) is 0 Å². The first kappa shape index (κ1) is 25.9. The van der Waals surface area contributed by atoms with Gasteiger partial charge in [0.05, 0.1) is 0 Å². The Morgan fingerprint density at radius 3 is 1.45 bits per heavy atom. The van der Waals surface area contributed by atoms with Crippen LogP contribution in [0.2, 0.25) is 0 Å². The van der Waals surface area contributed by atoms with Crippen molar-refractivity contribution in [3.05, 3.63) is 155 Å². The van der Waals surface area contributed by atoms with E-state index < -0.39 is 0 Å². The van der Waals surface area contributed by atoms with Crippen LogP contribution in [0.15, 0.2) is 155 Å². The van der Waals surface area contributed by atoms with E-state index in [1.165, 1.54) is 88.0 Å². The van der Waals surface area contributed by atoms with Crippen molar-refractivity contribution in [3.8, 4) is 55.6 Å². The maximum atomic E-state index is 3.67. The van der Waals surface area contributed by atoms with Gasteiger partial charge in [-0.2, -0.15) is 0 Å². The van der Waals surface area contributed by atoms with Gasteiger partial charge < -0.3 is 0 Å². The first-order valence-electron chi connectivity index (χ1n) is 14.8. The summed E-state index contributed by atoms with van der Waals surface area (Å²) in [6.45, 7) is 0. The summed E-state index contributed by atoms with van der Waals surface area (Å²) in [4.78, 5) is 0. The zero-order chi connectivity index (χ0) is 29.4. The van der Waals surface area contributed by atoms with Crippen molar-refractivity contribution in [2.24, 2.45) is 0 Å². The van der Waals surface area contributed by atoms with Gasteiger partial charge in [-0.05, 0) is 118 Å². The number of rotatable bonds is 3. The van der Waals surface area contributed by atoms with Gasteiger partial charge in [0.25, 0.3) is 0 Å². The van der Waals surface area contributed by atoms with E-state index in [2.05, 4.69) is 177 Å². The third kappa shape index (κ3) is 3.88. The van der Waals surface area contributed by atoms with E-state index in [-0.39, 0.29) is 0 Å². The first-order valence-corrected chi connectivity index (χ1v) is 16.4. The van der Waals surface area contributed by atoms with E-state index in [0.717, 1.165) is 8.95 Å². The van der Waals surface area contributed by atoms with Crippen molar-refractivity contribution in [3.63, 3.8) is 0 Å². The predicted octanol–water partition coefficient (Wildman–Crippen LogP) is 13.3. The van der Waals surface area contributed by atoms with E-state index in [1.54, 1.807) is 0 Å². The molecule has 8 aromatic rings. The van der Waals surface area contributed by atoms with Gasteiger partial charge in [0.15, 0.2) is 0 Å². The molecule has 206 valence electrons. The molecule has 0 aliphatic heterocycles. The maximum Gasteiger partial charge on any atom is 0.0175 e. The van der Waals surface area contributed by atoms with E-state index >= 15 is 0 Å². The van der Waals surface area contributed by atoms with Gasteiger partial charge in [-0.3, -0.25) is 0 Å². The highest BCUT2D eigenvalue weighted by Gasteiger charge is 2.31. The lowest BCUT2D eigenvalue weighted by Crippen LogP contribution is -1.93. The van der Waals surface area contributed by atoms with Gasteiger partial charge in [-0.1, -0.05) is 147 Å². The third-order valence-electron chi connectivity index (χ3n) is 9.12. The summed E-state index contributed by atoms with van der Waals surface area (Å²) >= 11 is 7.33. The molecule has 0 N–H and O–H groups in total. The van der Waals surface area contributed by atoms with Crippen LogP contribution >= 0.6 is 31.9 Å². The Labute approximate surface area is 272 Å². The fourth-order valence-corrected chi connectivity index (χ4v) is 7.77. The van der Waals surface area contributed by atoms with Crippen LogP contribution in [0.1, 0.15) is 0 Å². The first-order chi connectivity index (χ1) is 21.7. The second-order valence-electron chi connectivity index (χ2n) is 11.5. The molecule has 0 saturated carbocycles. The fraction of sp³-hybridized carbons (Fsp3) is 0. The molecule has 0 atom stereocenters. The standard InChI is InChI=1S/C42H24Br2/c43-30-18-14-26(15-19-30)38-34-8-3-4-9-35(34)39(27-16-20-31(44)21-17-27)42-37-23-22-32(33-10-5-11-36(40(33)37)41(38)42)29-13-12-25-6-1-2-7-28(25)24-29/h1-24H. The van der Waals surface area contributed by atoms with E-state index in [1.807, 2.05) is 0 Å². The number of fused-ring (bicyclic) bond motifs is 5. The molecule has 1 aliphatic rings. The summed E-state index contributed by atoms with van der Waals surface area (Å²) in [5, 5.41) is 7.69. The van der Waals surface area contributed by atoms with Crippen LogP contribution < -0.4 is 0 Å². The molecule has 0 spiro atoms. The van der Waals surface area contributed by atoms with E-state index in [0.29, 0.717) is 0 Å². The van der Waals surface area contributed by atoms with Gasteiger partial charge in [0, 0.05) is 8.95 Å². The monoisotopic (exact) mass is 686 g/mol. The molecule has 0 bridgehead atoms. The molecule has 0 nitrogen and oxygen atoms in total. The molecule has 0 amide bonds. The summed E-state index contributed by atoms with van der Waals surface area (Å²) in [6, 6.07) is 53.5. The van der Waals surface area contributed by atoms with Crippen molar-refractivity contribution in [1.29, 1.82) is 0 Å². The van der Waals surface area contributed by atoms with Crippen LogP contribution in [0.3, 0.4) is 0 Å². The Kier molecular flexibility index (Phi) is 5.91. The number of benzene rings is 8. The normalized spacial score (nSPS) is 11.9. The van der Waals surface area contributed by atoms with Crippen molar-refractivity contribution >= 4 is 64.2 Å². The SMILES string of the molecule is Brc1ccc(-c2c3c(c(-c4ccc(Br)cc4)c4ccccc24)-c2ccc(-c4ccc5ccccc5c4)c4cccc-3c24)cc1. The Bertz CT molecular complexity index is 2340. The van der Waals surface area contributed by atoms with Crippen LogP contribution in [-0.4, -0.2) is 0 Å². The molecule has 0 radical (unpaired) electrons. The molecular formula is C42H24Br2. The van der Waals surface area contributed by atoms with Crippen LogP contribution in [0.25, 0.3) is 88.0 Å². The minimum atomic E-state index is 1.08. The molecular weight excluding hydrogens is 664 g/mol. The van der Waals surface area contributed by atoms with Crippen LogP contribution in [0.4, 0.5) is 0 Å². The molecule has 44 heavy (non-hydrogen) atoms. The van der Waals surface area contributed by atoms with Crippen LogP contribution in [-0.2, 0) is 0 Å². The van der Waals surface area contributed by atoms with Crippen molar-refractivity contribution < 1.29 is 0 Å². The second-order valence-corrected chi connectivity index (χ2v) is 13.3. The molecule has 0 heterocycles. The Morgan fingerprint density at radius 1 is 0.318 bits per heavy atom. The van der Waals surface area contributed by atoms with Gasteiger partial charge in [0.2, 0.25) is 0 Å². The molecule has 2 heteroatoms. The van der Waals surface area contributed by atoms with Gasteiger partial charge in [-0.15, -0.1) is 0 Å². The minimum absolute atomic E-state index is 1.08. The predicted molar refractivity (Wildman–Crippen MR) is 195 cm³/mol. The highest BCUT2D eigenvalue weighted by atomic mass is 79.9. The Hall–Kier alpha value is -4.50. The Morgan fingerprint density at radius 2 is 0.818 bits per heavy atom. The topological polar surface area (TPSA) is 0 Å². The zero-order valence-corrected chi connectivity index (χ0v) is 26.8. The summed E-state index contributed by atoms with van der Waals surface area (Å²) in [6.07, 6.45) is 0. The van der Waals surface area contributed by atoms with Crippen molar-refractivity contribution in [2.75, 3.05) is 0 Å². The highest BCUT2D eigenvalue weighted by molar-refractivity contribution is 9.10. The number of halogens is 2. The van der Waals surface area contributed by atoms with E-state index in [4.69, 9.17) is 0 Å². The quantitative estimate of drug-likeness (QED) is 0.173. The lowest BCUT2D eigenvalue weighted by molar-refractivity contribution is 1.59. The van der Waals surface area contributed by atoms with Crippen molar-refractivity contribution in [2.45, 2.75) is 0 Å². The van der Waals surface area contributed by atoms with Gasteiger partial charge in [0.1, 0.15) is 0 Å². The Balaban J connectivity index is 1.43. The maximum absolute atomic E-state index is 3.67. The fourth-order valence-electron chi connectivity index (χ4n) is 7.24. The van der Waals surface area contributed by atoms with Crippen molar-refractivity contribution in [1.82, 2.24) is 0 Å². The molecule has 9 rings (SSSR count). The second kappa shape index (κ2) is 10.0. The van der Waals surface area contributed by atoms with Crippen LogP contribution in [0.5, 0.6) is 0 Å². The molecule has 1 aliphatic carbocycles.